The van der Waals surface area contributed by atoms with Crippen LogP contribution in [-0.4, -0.2) is 44.6 Å². The zero-order chi connectivity index (χ0) is 27.6. The Bertz CT molecular complexity index is 1050. The van der Waals surface area contributed by atoms with Gasteiger partial charge in [-0.1, -0.05) is 53.2 Å². The minimum Gasteiger partial charge on any atom is -0.481 e. The van der Waals surface area contributed by atoms with Crippen LogP contribution in [0.4, 0.5) is 0 Å². The Morgan fingerprint density at radius 3 is 2.05 bits per heavy atom. The highest BCUT2D eigenvalue weighted by molar-refractivity contribution is 5.75. The quantitative estimate of drug-likeness (QED) is 0.360. The molecule has 4 saturated carbocycles. The van der Waals surface area contributed by atoms with Gasteiger partial charge in [0.05, 0.1) is 23.5 Å². The van der Waals surface area contributed by atoms with Crippen molar-refractivity contribution in [2.45, 2.75) is 112 Å². The Morgan fingerprint density at radius 2 is 1.46 bits per heavy atom. The monoisotopic (exact) mass is 516 g/mol. The minimum absolute atomic E-state index is 0.00771. The fourth-order valence-electron chi connectivity index (χ4n) is 11.1. The molecular formula is C31H48O6. The smallest absolute Gasteiger partial charge is 0.309 e. The SMILES string of the molecule is CC1(C)C2CC[C@]3(C)C(CC=C4[C@@H]5C[C@](C)(C(=O)O)C[C@H](O)[C@]5(C)C[C@@H](C(=O)O)[C@]43C)[C@@]2(C)CC[C@@H]1O. The maximum atomic E-state index is 13.1. The molecule has 11 atom stereocenters. The second kappa shape index (κ2) is 7.84. The predicted octanol–water partition coefficient (Wildman–Crippen LogP) is 5.52. The molecule has 0 aliphatic heterocycles. The van der Waals surface area contributed by atoms with Crippen molar-refractivity contribution >= 4 is 11.9 Å². The van der Waals surface area contributed by atoms with Crippen LogP contribution in [0.3, 0.4) is 0 Å². The maximum absolute atomic E-state index is 13.1. The van der Waals surface area contributed by atoms with E-state index >= 15 is 0 Å². The Kier molecular flexibility index (Phi) is 5.76. The maximum Gasteiger partial charge on any atom is 0.309 e. The summed E-state index contributed by atoms with van der Waals surface area (Å²) < 4.78 is 0. The number of rotatable bonds is 2. The van der Waals surface area contributed by atoms with Crippen molar-refractivity contribution in [1.29, 1.82) is 0 Å². The lowest BCUT2D eigenvalue weighted by atomic mass is 9.32. The van der Waals surface area contributed by atoms with Gasteiger partial charge in [0, 0.05) is 10.8 Å². The largest absolute Gasteiger partial charge is 0.481 e. The molecule has 0 heterocycles. The van der Waals surface area contributed by atoms with Crippen LogP contribution >= 0.6 is 0 Å². The number of carbonyl (C=O) groups is 2. The van der Waals surface area contributed by atoms with Gasteiger partial charge in [-0.05, 0) is 92.3 Å². The first-order chi connectivity index (χ1) is 16.9. The summed E-state index contributed by atoms with van der Waals surface area (Å²) in [7, 11) is 0. The van der Waals surface area contributed by atoms with Gasteiger partial charge in [-0.25, -0.2) is 0 Å². The van der Waals surface area contributed by atoms with Crippen molar-refractivity contribution in [2.75, 3.05) is 0 Å². The van der Waals surface area contributed by atoms with Gasteiger partial charge >= 0.3 is 11.9 Å². The number of carboxylic acids is 2. The summed E-state index contributed by atoms with van der Waals surface area (Å²) in [6, 6.07) is 0. The number of fused-ring (bicyclic) bond motifs is 7. The number of hydrogen-bond acceptors (Lipinski definition) is 4. The van der Waals surface area contributed by atoms with Gasteiger partial charge in [0.25, 0.3) is 0 Å². The summed E-state index contributed by atoms with van der Waals surface area (Å²) >= 11 is 0. The van der Waals surface area contributed by atoms with Crippen molar-refractivity contribution in [2.24, 2.45) is 56.2 Å². The Labute approximate surface area is 221 Å². The molecule has 0 aromatic rings. The molecule has 0 saturated heterocycles. The number of aliphatic hydroxyl groups is 2. The van der Waals surface area contributed by atoms with E-state index in [0.717, 1.165) is 37.7 Å². The average Bonchev–Trinajstić information content (AvgIpc) is 2.78. The first kappa shape index (κ1) is 27.2. The average molecular weight is 517 g/mol. The standard InChI is InChI=1S/C31H48O6/c1-26(2)20-10-13-30(6)21(28(20,4)12-11-22(26)32)9-8-17-18-14-27(3,25(36)37)16-23(33)29(18,5)15-19(24(34)35)31(17,30)7/h8,18-23,32-33H,9-16H2,1-7H3,(H,34,35)(H,36,37)/t18-,19-,20?,21?,22-,23-,27-,28-,29+,30+,31-/m0/s1. The summed E-state index contributed by atoms with van der Waals surface area (Å²) in [5, 5.41) is 43.1. The Hall–Kier alpha value is -1.40. The van der Waals surface area contributed by atoms with Crippen molar-refractivity contribution in [3.63, 3.8) is 0 Å². The third-order valence-electron chi connectivity index (χ3n) is 13.8. The van der Waals surface area contributed by atoms with Crippen molar-refractivity contribution in [3.8, 4) is 0 Å². The van der Waals surface area contributed by atoms with E-state index in [2.05, 4.69) is 40.7 Å². The molecule has 0 aromatic heterocycles. The number of aliphatic hydroxyl groups excluding tert-OH is 2. The molecule has 2 unspecified atom stereocenters. The van der Waals surface area contributed by atoms with E-state index < -0.39 is 40.2 Å². The first-order valence-corrected chi connectivity index (χ1v) is 14.4. The zero-order valence-corrected chi connectivity index (χ0v) is 23.8. The lowest BCUT2D eigenvalue weighted by Crippen LogP contribution is -2.68. The van der Waals surface area contributed by atoms with E-state index in [1.807, 2.05) is 6.92 Å². The lowest BCUT2D eigenvalue weighted by molar-refractivity contribution is -0.224. The summed E-state index contributed by atoms with van der Waals surface area (Å²) in [4.78, 5) is 25.4. The van der Waals surface area contributed by atoms with Gasteiger partial charge in [-0.2, -0.15) is 0 Å². The minimum atomic E-state index is -1.04. The third kappa shape index (κ3) is 3.18. The normalized spacial score (nSPS) is 54.6. The molecule has 208 valence electrons. The van der Waals surface area contributed by atoms with Crippen molar-refractivity contribution < 1.29 is 30.0 Å². The fourth-order valence-corrected chi connectivity index (χ4v) is 11.1. The third-order valence-corrected chi connectivity index (χ3v) is 13.8. The van der Waals surface area contributed by atoms with Crippen LogP contribution < -0.4 is 0 Å². The molecule has 0 amide bonds. The molecule has 6 heteroatoms. The molecule has 0 aromatic carbocycles. The molecule has 0 bridgehead atoms. The van der Waals surface area contributed by atoms with Gasteiger partial charge in [-0.15, -0.1) is 0 Å². The van der Waals surface area contributed by atoms with Crippen LogP contribution in [0, 0.1) is 56.2 Å². The second-order valence-corrected chi connectivity index (χ2v) is 15.5. The van der Waals surface area contributed by atoms with Gasteiger partial charge < -0.3 is 20.4 Å². The molecule has 6 nitrogen and oxygen atoms in total. The molecule has 0 spiro atoms. The summed E-state index contributed by atoms with van der Waals surface area (Å²) in [5.41, 5.74) is -1.70. The van der Waals surface area contributed by atoms with E-state index in [9.17, 15) is 30.0 Å². The van der Waals surface area contributed by atoms with E-state index in [4.69, 9.17) is 0 Å². The Morgan fingerprint density at radius 1 is 0.811 bits per heavy atom. The Balaban J connectivity index is 1.67. The molecule has 5 rings (SSSR count). The van der Waals surface area contributed by atoms with E-state index in [1.165, 1.54) is 0 Å². The highest BCUT2D eigenvalue weighted by atomic mass is 16.4. The molecule has 5 aliphatic carbocycles. The summed E-state index contributed by atoms with van der Waals surface area (Å²) in [5.74, 6) is -1.84. The van der Waals surface area contributed by atoms with Crippen LogP contribution in [0.15, 0.2) is 11.6 Å². The highest BCUT2D eigenvalue weighted by Crippen LogP contribution is 2.76. The zero-order valence-electron chi connectivity index (χ0n) is 23.8. The predicted molar refractivity (Wildman–Crippen MR) is 141 cm³/mol. The van der Waals surface area contributed by atoms with Crippen LogP contribution in [0.25, 0.3) is 0 Å². The number of allylic oxidation sites excluding steroid dienone is 2. The van der Waals surface area contributed by atoms with Gasteiger partial charge in [0.2, 0.25) is 0 Å². The number of hydrogen-bond donors (Lipinski definition) is 4. The van der Waals surface area contributed by atoms with Gasteiger partial charge in [0.15, 0.2) is 0 Å². The first-order valence-electron chi connectivity index (χ1n) is 14.4. The molecule has 5 aliphatic rings. The molecule has 4 fully saturated rings. The molecule has 0 radical (unpaired) electrons. The van der Waals surface area contributed by atoms with E-state index in [1.54, 1.807) is 6.92 Å². The van der Waals surface area contributed by atoms with Gasteiger partial charge in [-0.3, -0.25) is 9.59 Å². The fraction of sp³-hybridized carbons (Fsp3) is 0.871. The highest BCUT2D eigenvalue weighted by Gasteiger charge is 2.72. The summed E-state index contributed by atoms with van der Waals surface area (Å²) in [6.07, 6.45) is 6.47. The second-order valence-electron chi connectivity index (χ2n) is 15.5. The van der Waals surface area contributed by atoms with Gasteiger partial charge in [0.1, 0.15) is 0 Å². The number of aliphatic carboxylic acids is 2. The topological polar surface area (TPSA) is 115 Å². The van der Waals surface area contributed by atoms with Crippen LogP contribution in [0.2, 0.25) is 0 Å². The number of carboxylic acid groups (broad SMARTS) is 2. The van der Waals surface area contributed by atoms with E-state index in [0.29, 0.717) is 18.8 Å². The molecule has 4 N–H and O–H groups in total. The van der Waals surface area contributed by atoms with Crippen LogP contribution in [0.5, 0.6) is 0 Å². The van der Waals surface area contributed by atoms with Crippen LogP contribution in [0.1, 0.15) is 99.8 Å². The van der Waals surface area contributed by atoms with Crippen molar-refractivity contribution in [1.82, 2.24) is 0 Å². The van der Waals surface area contributed by atoms with E-state index in [-0.39, 0.29) is 40.6 Å². The molecular weight excluding hydrogens is 468 g/mol. The summed E-state index contributed by atoms with van der Waals surface area (Å²) in [6.45, 7) is 15.0. The molecule has 37 heavy (non-hydrogen) atoms. The van der Waals surface area contributed by atoms with Crippen LogP contribution in [-0.2, 0) is 9.59 Å². The van der Waals surface area contributed by atoms with Crippen molar-refractivity contribution in [3.05, 3.63) is 11.6 Å². The lowest BCUT2D eigenvalue weighted by Gasteiger charge is -2.72.